The van der Waals surface area contributed by atoms with Crippen LogP contribution in [0.15, 0.2) is 30.3 Å². The molecule has 0 saturated heterocycles. The predicted molar refractivity (Wildman–Crippen MR) is 86.7 cm³/mol. The van der Waals surface area contributed by atoms with Crippen LogP contribution in [0, 0.1) is 12.7 Å². The molecule has 3 aromatic rings. The van der Waals surface area contributed by atoms with Crippen molar-refractivity contribution in [3.8, 4) is 0 Å². The van der Waals surface area contributed by atoms with Gasteiger partial charge in [-0.2, -0.15) is 5.10 Å². The number of hydrogen-bond donors (Lipinski definition) is 1. The summed E-state index contributed by atoms with van der Waals surface area (Å²) >= 11 is 0. The van der Waals surface area contributed by atoms with E-state index in [0.717, 1.165) is 11.4 Å². The first kappa shape index (κ1) is 14.8. The minimum absolute atomic E-state index is 0.323. The van der Waals surface area contributed by atoms with E-state index >= 15 is 0 Å². The third kappa shape index (κ3) is 2.44. The molecule has 1 fully saturated rings. The average molecular weight is 325 g/mol. The molecule has 1 saturated carbocycles. The van der Waals surface area contributed by atoms with Crippen molar-refractivity contribution >= 4 is 16.9 Å². The van der Waals surface area contributed by atoms with Crippen LogP contribution in [-0.4, -0.2) is 25.8 Å². The van der Waals surface area contributed by atoms with Gasteiger partial charge in [-0.3, -0.25) is 9.67 Å². The lowest BCUT2D eigenvalue weighted by molar-refractivity contribution is 0.0694. The summed E-state index contributed by atoms with van der Waals surface area (Å²) < 4.78 is 15.6. The lowest BCUT2D eigenvalue weighted by Gasteiger charge is -2.06. The van der Waals surface area contributed by atoms with Gasteiger partial charge in [-0.05, 0) is 44.0 Å². The second-order valence-electron chi connectivity index (χ2n) is 6.19. The molecule has 0 unspecified atom stereocenters. The van der Waals surface area contributed by atoms with Crippen LogP contribution in [0.2, 0.25) is 0 Å². The monoisotopic (exact) mass is 325 g/mol. The highest BCUT2D eigenvalue weighted by Crippen LogP contribution is 2.38. The van der Waals surface area contributed by atoms with Crippen LogP contribution in [-0.2, 0) is 6.54 Å². The molecular weight excluding hydrogens is 309 g/mol. The Balaban J connectivity index is 1.79. The van der Waals surface area contributed by atoms with E-state index in [0.29, 0.717) is 29.1 Å². The van der Waals surface area contributed by atoms with Crippen LogP contribution in [0.1, 0.15) is 46.2 Å². The number of aromatic nitrogens is 3. The molecule has 2 heterocycles. The fraction of sp³-hybridized carbons (Fsp3) is 0.278. The molecule has 0 bridgehead atoms. The zero-order chi connectivity index (χ0) is 16.8. The molecule has 1 aliphatic rings. The molecular formula is C18H16FN3O2. The Morgan fingerprint density at radius 3 is 2.83 bits per heavy atom. The van der Waals surface area contributed by atoms with Crippen LogP contribution in [0.5, 0.6) is 0 Å². The number of benzene rings is 1. The summed E-state index contributed by atoms with van der Waals surface area (Å²) in [4.78, 5) is 16.1. The number of aryl methyl sites for hydroxylation is 1. The van der Waals surface area contributed by atoms with E-state index in [4.69, 9.17) is 0 Å². The minimum Gasteiger partial charge on any atom is -0.478 e. The zero-order valence-corrected chi connectivity index (χ0v) is 13.2. The minimum atomic E-state index is -1.28. The van der Waals surface area contributed by atoms with Crippen molar-refractivity contribution in [3.05, 3.63) is 58.8 Å². The number of aromatic carboxylic acids is 1. The van der Waals surface area contributed by atoms with Gasteiger partial charge in [0, 0.05) is 17.0 Å². The molecule has 1 aromatic carbocycles. The maximum atomic E-state index is 13.9. The van der Waals surface area contributed by atoms with Crippen molar-refractivity contribution in [1.29, 1.82) is 0 Å². The summed E-state index contributed by atoms with van der Waals surface area (Å²) in [5, 5.41) is 14.1. The summed E-state index contributed by atoms with van der Waals surface area (Å²) in [6.07, 6.45) is 2.36. The lowest BCUT2D eigenvalue weighted by Crippen LogP contribution is -2.05. The van der Waals surface area contributed by atoms with Crippen LogP contribution < -0.4 is 0 Å². The standard InChI is InChI=1S/C18H16FN3O2/c1-10-16-15(8-7-13(19)17(16)18(23)24)22(21-10)9-12-3-2-4-14(20-12)11-5-6-11/h2-4,7-8,11H,5-6,9H2,1H3,(H,23,24). The van der Waals surface area contributed by atoms with E-state index in [-0.39, 0.29) is 5.56 Å². The van der Waals surface area contributed by atoms with E-state index in [9.17, 15) is 14.3 Å². The van der Waals surface area contributed by atoms with Gasteiger partial charge in [0.1, 0.15) is 11.4 Å². The van der Waals surface area contributed by atoms with Crippen LogP contribution in [0.25, 0.3) is 10.9 Å². The maximum Gasteiger partial charge on any atom is 0.339 e. The Morgan fingerprint density at radius 1 is 1.33 bits per heavy atom. The van der Waals surface area contributed by atoms with Crippen molar-refractivity contribution in [2.45, 2.75) is 32.2 Å². The normalized spacial score (nSPS) is 14.2. The van der Waals surface area contributed by atoms with E-state index in [1.165, 1.54) is 18.9 Å². The van der Waals surface area contributed by atoms with Crippen LogP contribution in [0.3, 0.4) is 0 Å². The van der Waals surface area contributed by atoms with Gasteiger partial charge in [-0.1, -0.05) is 6.07 Å². The third-order valence-electron chi connectivity index (χ3n) is 4.39. The third-order valence-corrected chi connectivity index (χ3v) is 4.39. The zero-order valence-electron chi connectivity index (χ0n) is 13.2. The number of hydrogen-bond acceptors (Lipinski definition) is 3. The van der Waals surface area contributed by atoms with Gasteiger partial charge in [0.2, 0.25) is 0 Å². The highest BCUT2D eigenvalue weighted by Gasteiger charge is 2.25. The molecule has 5 nitrogen and oxygen atoms in total. The lowest BCUT2D eigenvalue weighted by atomic mass is 10.1. The quantitative estimate of drug-likeness (QED) is 0.797. The molecule has 4 rings (SSSR count). The summed E-state index contributed by atoms with van der Waals surface area (Å²) in [6.45, 7) is 2.12. The maximum absolute atomic E-state index is 13.9. The van der Waals surface area contributed by atoms with Crippen LogP contribution in [0.4, 0.5) is 4.39 Å². The highest BCUT2D eigenvalue weighted by atomic mass is 19.1. The average Bonchev–Trinajstić information content (AvgIpc) is 3.34. The predicted octanol–water partition coefficient (Wildman–Crippen LogP) is 3.50. The van der Waals surface area contributed by atoms with Crippen LogP contribution >= 0.6 is 0 Å². The first-order valence-corrected chi connectivity index (χ1v) is 7.89. The van der Waals surface area contributed by atoms with Gasteiger partial charge in [0.25, 0.3) is 0 Å². The van der Waals surface area contributed by atoms with Crippen molar-refractivity contribution < 1.29 is 14.3 Å². The second-order valence-corrected chi connectivity index (χ2v) is 6.19. The van der Waals surface area contributed by atoms with Gasteiger partial charge >= 0.3 is 5.97 Å². The van der Waals surface area contributed by atoms with E-state index < -0.39 is 11.8 Å². The number of nitrogens with zero attached hydrogens (tertiary/aromatic N) is 3. The molecule has 0 amide bonds. The Bertz CT molecular complexity index is 960. The first-order valence-electron chi connectivity index (χ1n) is 7.89. The molecule has 0 aliphatic heterocycles. The van der Waals surface area contributed by atoms with Gasteiger partial charge in [-0.25, -0.2) is 9.18 Å². The van der Waals surface area contributed by atoms with Crippen molar-refractivity contribution in [2.75, 3.05) is 0 Å². The number of carboxylic acid groups (broad SMARTS) is 1. The van der Waals surface area contributed by atoms with Gasteiger partial charge in [0.05, 0.1) is 23.4 Å². The molecule has 24 heavy (non-hydrogen) atoms. The number of pyridine rings is 1. The highest BCUT2D eigenvalue weighted by molar-refractivity contribution is 6.04. The molecule has 1 aliphatic carbocycles. The Hall–Kier alpha value is -2.76. The van der Waals surface area contributed by atoms with E-state index in [2.05, 4.69) is 10.1 Å². The second kappa shape index (κ2) is 5.40. The molecule has 0 spiro atoms. The summed E-state index contributed by atoms with van der Waals surface area (Å²) in [5.41, 5.74) is 2.74. The summed E-state index contributed by atoms with van der Waals surface area (Å²) in [5.74, 6) is -1.46. The van der Waals surface area contributed by atoms with Crippen molar-refractivity contribution in [2.24, 2.45) is 0 Å². The summed E-state index contributed by atoms with van der Waals surface area (Å²) in [7, 11) is 0. The molecule has 6 heteroatoms. The number of fused-ring (bicyclic) bond motifs is 1. The SMILES string of the molecule is Cc1nn(Cc2cccc(C3CC3)n2)c2ccc(F)c(C(=O)O)c12. The van der Waals surface area contributed by atoms with Gasteiger partial charge < -0.3 is 5.11 Å². The molecule has 0 atom stereocenters. The smallest absolute Gasteiger partial charge is 0.339 e. The van der Waals surface area contributed by atoms with Crippen molar-refractivity contribution in [3.63, 3.8) is 0 Å². The number of halogens is 1. The molecule has 0 radical (unpaired) electrons. The number of carbonyl (C=O) groups is 1. The molecule has 2 aromatic heterocycles. The van der Waals surface area contributed by atoms with Crippen molar-refractivity contribution in [1.82, 2.24) is 14.8 Å². The Kier molecular flexibility index (Phi) is 3.33. The number of carboxylic acids is 1. The number of rotatable bonds is 4. The first-order chi connectivity index (χ1) is 11.5. The fourth-order valence-corrected chi connectivity index (χ4v) is 3.11. The van der Waals surface area contributed by atoms with Gasteiger partial charge in [0.15, 0.2) is 0 Å². The Morgan fingerprint density at radius 2 is 2.12 bits per heavy atom. The topological polar surface area (TPSA) is 68.0 Å². The van der Waals surface area contributed by atoms with E-state index in [1.54, 1.807) is 17.7 Å². The molecule has 1 N–H and O–H groups in total. The van der Waals surface area contributed by atoms with E-state index in [1.807, 2.05) is 18.2 Å². The Labute approximate surface area is 137 Å². The summed E-state index contributed by atoms with van der Waals surface area (Å²) in [6, 6.07) is 8.69. The largest absolute Gasteiger partial charge is 0.478 e. The molecule has 122 valence electrons. The fourth-order valence-electron chi connectivity index (χ4n) is 3.11. The van der Waals surface area contributed by atoms with Gasteiger partial charge in [-0.15, -0.1) is 0 Å².